The molecule has 0 saturated carbocycles. The zero-order valence-corrected chi connectivity index (χ0v) is 11.7. The van der Waals surface area contributed by atoms with Crippen LogP contribution >= 0.6 is 0 Å². The summed E-state index contributed by atoms with van der Waals surface area (Å²) in [5.74, 6) is -0.533. The molecule has 5 nitrogen and oxygen atoms in total. The van der Waals surface area contributed by atoms with Gasteiger partial charge >= 0.3 is 12.3 Å². The molecule has 120 valence electrons. The molecular weight excluding hydrogens is 305 g/mol. The van der Waals surface area contributed by atoms with Crippen LogP contribution in [0.5, 0.6) is 11.5 Å². The Labute approximate surface area is 123 Å². The third-order valence-corrected chi connectivity index (χ3v) is 2.66. The van der Waals surface area contributed by atoms with Crippen LogP contribution in [0.25, 0.3) is 6.08 Å². The van der Waals surface area contributed by atoms with Crippen molar-refractivity contribution in [3.8, 4) is 11.5 Å². The number of hydrogen-bond acceptors (Lipinski definition) is 4. The van der Waals surface area contributed by atoms with Crippen LogP contribution in [0.2, 0.25) is 0 Å². The minimum Gasteiger partial charge on any atom is -0.491 e. The van der Waals surface area contributed by atoms with E-state index in [9.17, 15) is 18.0 Å². The molecule has 22 heavy (non-hydrogen) atoms. The van der Waals surface area contributed by atoms with Gasteiger partial charge in [-0.25, -0.2) is 4.79 Å². The van der Waals surface area contributed by atoms with Crippen molar-refractivity contribution in [2.24, 2.45) is 0 Å². The van der Waals surface area contributed by atoms with E-state index in [0.717, 1.165) is 6.08 Å². The molecule has 0 amide bonds. The maximum Gasteiger partial charge on any atom is 0.511 e. The standard InChI is InChI=1S/C14H13F3O5/c1-7(2)20-9-4-3-8-5-11(22-13(18)19)12(14(15,16)17)21-10(8)6-9/h3-7,12H,1-2H3,(H,18,19). The number of fused-ring (bicyclic) bond motifs is 1. The average molecular weight is 318 g/mol. The van der Waals surface area contributed by atoms with Crippen molar-refractivity contribution in [2.45, 2.75) is 32.2 Å². The van der Waals surface area contributed by atoms with E-state index < -0.39 is 24.2 Å². The highest BCUT2D eigenvalue weighted by atomic mass is 19.4. The van der Waals surface area contributed by atoms with Crippen molar-refractivity contribution in [3.63, 3.8) is 0 Å². The lowest BCUT2D eigenvalue weighted by Gasteiger charge is -2.27. The molecule has 1 aromatic rings. The van der Waals surface area contributed by atoms with Crippen LogP contribution in [0.15, 0.2) is 24.0 Å². The summed E-state index contributed by atoms with van der Waals surface area (Å²) in [5, 5.41) is 8.53. The Morgan fingerprint density at radius 1 is 1.36 bits per heavy atom. The summed E-state index contributed by atoms with van der Waals surface area (Å²) in [6.45, 7) is 3.55. The first-order valence-electron chi connectivity index (χ1n) is 6.33. The molecule has 1 atom stereocenters. The quantitative estimate of drug-likeness (QED) is 0.858. The molecule has 0 fully saturated rings. The van der Waals surface area contributed by atoms with Gasteiger partial charge in [0, 0.05) is 11.6 Å². The Hall–Kier alpha value is -2.38. The third kappa shape index (κ3) is 3.63. The maximum atomic E-state index is 13.0. The third-order valence-electron chi connectivity index (χ3n) is 2.66. The SMILES string of the molecule is CC(C)Oc1ccc2c(c1)OC(C(F)(F)F)C(OC(=O)O)=C2. The Bertz CT molecular complexity index is 607. The summed E-state index contributed by atoms with van der Waals surface area (Å²) in [7, 11) is 0. The number of carbonyl (C=O) groups is 1. The Morgan fingerprint density at radius 2 is 2.05 bits per heavy atom. The molecule has 0 bridgehead atoms. The molecule has 0 saturated heterocycles. The van der Waals surface area contributed by atoms with Gasteiger partial charge in [0.1, 0.15) is 11.5 Å². The highest BCUT2D eigenvalue weighted by Gasteiger charge is 2.48. The predicted molar refractivity (Wildman–Crippen MR) is 69.8 cm³/mol. The number of hydrogen-bond donors (Lipinski definition) is 1. The Kier molecular flexibility index (Phi) is 4.20. The van der Waals surface area contributed by atoms with Gasteiger partial charge in [0.05, 0.1) is 6.10 Å². The van der Waals surface area contributed by atoms with Gasteiger partial charge in [-0.2, -0.15) is 13.2 Å². The van der Waals surface area contributed by atoms with Gasteiger partial charge in [-0.3, -0.25) is 0 Å². The fourth-order valence-electron chi connectivity index (χ4n) is 1.91. The van der Waals surface area contributed by atoms with E-state index in [1.165, 1.54) is 12.1 Å². The van der Waals surface area contributed by atoms with Crippen LogP contribution in [0.3, 0.4) is 0 Å². The monoisotopic (exact) mass is 318 g/mol. The molecular formula is C14H13F3O5. The van der Waals surface area contributed by atoms with E-state index in [1.54, 1.807) is 19.9 Å². The normalized spacial score (nSPS) is 17.4. The van der Waals surface area contributed by atoms with Gasteiger partial charge in [-0.05, 0) is 32.1 Å². The van der Waals surface area contributed by atoms with Crippen molar-refractivity contribution >= 4 is 12.2 Å². The van der Waals surface area contributed by atoms with E-state index in [1.807, 2.05) is 0 Å². The van der Waals surface area contributed by atoms with Crippen molar-refractivity contribution in [3.05, 3.63) is 29.5 Å². The summed E-state index contributed by atoms with van der Waals surface area (Å²) in [5.41, 5.74) is 0.271. The highest BCUT2D eigenvalue weighted by molar-refractivity contribution is 5.67. The molecule has 0 radical (unpaired) electrons. The molecule has 1 aromatic carbocycles. The lowest BCUT2D eigenvalue weighted by molar-refractivity contribution is -0.191. The van der Waals surface area contributed by atoms with Gasteiger partial charge in [0.25, 0.3) is 6.10 Å². The molecule has 2 rings (SSSR count). The zero-order chi connectivity index (χ0) is 16.5. The fraction of sp³-hybridized carbons (Fsp3) is 0.357. The van der Waals surface area contributed by atoms with Gasteiger partial charge in [-0.1, -0.05) is 0 Å². The summed E-state index contributed by atoms with van der Waals surface area (Å²) >= 11 is 0. The van der Waals surface area contributed by atoms with Gasteiger partial charge < -0.3 is 19.3 Å². The highest BCUT2D eigenvalue weighted by Crippen LogP contribution is 2.39. The van der Waals surface area contributed by atoms with E-state index in [2.05, 4.69) is 4.74 Å². The number of rotatable bonds is 3. The first kappa shape index (κ1) is 16.0. The second kappa shape index (κ2) is 5.78. The van der Waals surface area contributed by atoms with Gasteiger partial charge in [0.15, 0.2) is 5.76 Å². The molecule has 8 heteroatoms. The lowest BCUT2D eigenvalue weighted by atomic mass is 10.1. The smallest absolute Gasteiger partial charge is 0.491 e. The van der Waals surface area contributed by atoms with Crippen LogP contribution in [-0.4, -0.2) is 29.6 Å². The minimum atomic E-state index is -4.81. The summed E-state index contributed by atoms with van der Waals surface area (Å²) < 4.78 is 53.4. The number of alkyl halides is 3. The molecule has 1 unspecified atom stereocenters. The molecule has 1 N–H and O–H groups in total. The number of ether oxygens (including phenoxy) is 3. The van der Waals surface area contributed by atoms with Crippen LogP contribution in [0.4, 0.5) is 18.0 Å². The molecule has 0 spiro atoms. The topological polar surface area (TPSA) is 65.0 Å². The number of halogens is 3. The summed E-state index contributed by atoms with van der Waals surface area (Å²) in [6, 6.07) is 4.33. The summed E-state index contributed by atoms with van der Waals surface area (Å²) in [6.07, 6.45) is -8.29. The largest absolute Gasteiger partial charge is 0.511 e. The second-order valence-corrected chi connectivity index (χ2v) is 4.82. The van der Waals surface area contributed by atoms with Crippen LogP contribution in [-0.2, 0) is 4.74 Å². The first-order chi connectivity index (χ1) is 10.2. The zero-order valence-electron chi connectivity index (χ0n) is 11.7. The van der Waals surface area contributed by atoms with E-state index in [4.69, 9.17) is 14.6 Å². The predicted octanol–water partition coefficient (Wildman–Crippen LogP) is 3.83. The second-order valence-electron chi connectivity index (χ2n) is 4.82. The average Bonchev–Trinajstić information content (AvgIpc) is 2.35. The van der Waals surface area contributed by atoms with Gasteiger partial charge in [0.2, 0.25) is 0 Å². The van der Waals surface area contributed by atoms with E-state index in [0.29, 0.717) is 5.75 Å². The van der Waals surface area contributed by atoms with Crippen molar-refractivity contribution in [2.75, 3.05) is 0 Å². The van der Waals surface area contributed by atoms with Crippen LogP contribution in [0.1, 0.15) is 19.4 Å². The molecule has 1 aliphatic rings. The summed E-state index contributed by atoms with van der Waals surface area (Å²) in [4.78, 5) is 10.5. The maximum absolute atomic E-state index is 13.0. The van der Waals surface area contributed by atoms with E-state index in [-0.39, 0.29) is 17.4 Å². The number of benzene rings is 1. The lowest BCUT2D eigenvalue weighted by Crippen LogP contribution is -2.39. The van der Waals surface area contributed by atoms with Crippen LogP contribution in [0, 0.1) is 0 Å². The minimum absolute atomic E-state index is 0.0572. The number of carboxylic acid groups (broad SMARTS) is 1. The van der Waals surface area contributed by atoms with Crippen molar-refractivity contribution in [1.29, 1.82) is 0 Å². The molecule has 1 heterocycles. The van der Waals surface area contributed by atoms with Gasteiger partial charge in [-0.15, -0.1) is 0 Å². The molecule has 0 aromatic heterocycles. The Morgan fingerprint density at radius 3 is 2.59 bits per heavy atom. The Balaban J connectivity index is 2.39. The van der Waals surface area contributed by atoms with Crippen molar-refractivity contribution < 1.29 is 37.3 Å². The fourth-order valence-corrected chi connectivity index (χ4v) is 1.91. The molecule has 1 aliphatic heterocycles. The van der Waals surface area contributed by atoms with Crippen LogP contribution < -0.4 is 9.47 Å². The first-order valence-corrected chi connectivity index (χ1v) is 6.33. The van der Waals surface area contributed by atoms with E-state index >= 15 is 0 Å². The molecule has 0 aliphatic carbocycles. The van der Waals surface area contributed by atoms with Crippen molar-refractivity contribution in [1.82, 2.24) is 0 Å².